The van der Waals surface area contributed by atoms with E-state index < -0.39 is 28.9 Å². The van der Waals surface area contributed by atoms with Gasteiger partial charge in [-0.05, 0) is 18.1 Å². The van der Waals surface area contributed by atoms with Crippen LogP contribution in [-0.4, -0.2) is 11.0 Å². The lowest BCUT2D eigenvalue weighted by Crippen LogP contribution is -2.24. The molecule has 0 bridgehead atoms. The first-order chi connectivity index (χ1) is 9.49. The van der Waals surface area contributed by atoms with Crippen molar-refractivity contribution in [1.82, 2.24) is 5.32 Å². The third kappa shape index (κ3) is 2.93. The van der Waals surface area contributed by atoms with Crippen LogP contribution in [0.25, 0.3) is 0 Å². The van der Waals surface area contributed by atoms with Gasteiger partial charge in [-0.3, -0.25) is 4.79 Å². The molecule has 0 aliphatic rings. The van der Waals surface area contributed by atoms with Crippen LogP contribution in [0.4, 0.5) is 8.78 Å². The van der Waals surface area contributed by atoms with Crippen LogP contribution < -0.4 is 5.32 Å². The van der Waals surface area contributed by atoms with E-state index in [1.54, 1.807) is 0 Å². The van der Waals surface area contributed by atoms with Crippen molar-refractivity contribution in [3.05, 3.63) is 64.7 Å². The highest BCUT2D eigenvalue weighted by molar-refractivity contribution is 5.97. The third-order valence-corrected chi connectivity index (χ3v) is 2.96. The van der Waals surface area contributed by atoms with Gasteiger partial charge in [0, 0.05) is 18.7 Å². The number of amides is 1. The minimum Gasteiger partial charge on any atom is -0.507 e. The van der Waals surface area contributed by atoms with E-state index in [1.165, 1.54) is 0 Å². The van der Waals surface area contributed by atoms with Crippen LogP contribution in [0.15, 0.2) is 36.4 Å². The molecule has 0 unspecified atom stereocenters. The first kappa shape index (κ1) is 14.0. The average molecular weight is 277 g/mol. The number of rotatable bonds is 3. The highest BCUT2D eigenvalue weighted by Gasteiger charge is 2.18. The molecule has 2 rings (SSSR count). The predicted octanol–water partition coefficient (Wildman–Crippen LogP) is 2.91. The van der Waals surface area contributed by atoms with Gasteiger partial charge in [0.05, 0.1) is 0 Å². The fourth-order valence-electron chi connectivity index (χ4n) is 1.86. The number of phenols is 1. The normalized spacial score (nSPS) is 10.3. The lowest BCUT2D eigenvalue weighted by atomic mass is 10.1. The molecule has 0 radical (unpaired) electrons. The van der Waals surface area contributed by atoms with Crippen molar-refractivity contribution in [3.63, 3.8) is 0 Å². The van der Waals surface area contributed by atoms with Crippen LogP contribution in [0.1, 0.15) is 21.5 Å². The van der Waals surface area contributed by atoms with Crippen molar-refractivity contribution < 1.29 is 18.7 Å². The van der Waals surface area contributed by atoms with Crippen molar-refractivity contribution in [2.45, 2.75) is 13.5 Å². The van der Waals surface area contributed by atoms with E-state index in [0.717, 1.165) is 11.1 Å². The molecule has 0 aromatic heterocycles. The van der Waals surface area contributed by atoms with Gasteiger partial charge in [0.25, 0.3) is 5.91 Å². The van der Waals surface area contributed by atoms with Crippen molar-refractivity contribution in [3.8, 4) is 5.75 Å². The summed E-state index contributed by atoms with van der Waals surface area (Å²) >= 11 is 0. The number of aryl methyl sites for hydroxylation is 1. The largest absolute Gasteiger partial charge is 0.507 e. The Balaban J connectivity index is 2.16. The average Bonchev–Trinajstić information content (AvgIpc) is 2.36. The fourth-order valence-corrected chi connectivity index (χ4v) is 1.86. The van der Waals surface area contributed by atoms with Crippen LogP contribution in [-0.2, 0) is 6.54 Å². The van der Waals surface area contributed by atoms with Crippen LogP contribution in [0.5, 0.6) is 5.75 Å². The highest BCUT2D eigenvalue weighted by atomic mass is 19.1. The van der Waals surface area contributed by atoms with Gasteiger partial charge in [0.2, 0.25) is 0 Å². The molecule has 2 N–H and O–H groups in total. The van der Waals surface area contributed by atoms with Crippen LogP contribution in [0, 0.1) is 18.6 Å². The second-order valence-electron chi connectivity index (χ2n) is 4.39. The Hall–Kier alpha value is -2.43. The Bertz CT molecular complexity index is 633. The first-order valence-corrected chi connectivity index (χ1v) is 5.99. The van der Waals surface area contributed by atoms with Gasteiger partial charge in [-0.15, -0.1) is 0 Å². The summed E-state index contributed by atoms with van der Waals surface area (Å²) in [4.78, 5) is 11.8. The number of hydrogen-bond donors (Lipinski definition) is 2. The zero-order valence-electron chi connectivity index (χ0n) is 10.8. The molecule has 20 heavy (non-hydrogen) atoms. The Morgan fingerprint density at radius 3 is 2.60 bits per heavy atom. The molecule has 0 aliphatic carbocycles. The molecular weight excluding hydrogens is 264 g/mol. The summed E-state index contributed by atoms with van der Waals surface area (Å²) in [6.07, 6.45) is 0. The van der Waals surface area contributed by atoms with Crippen molar-refractivity contribution in [2.24, 2.45) is 0 Å². The number of nitrogens with one attached hydrogen (secondary N) is 1. The van der Waals surface area contributed by atoms with Gasteiger partial charge in [0.1, 0.15) is 22.9 Å². The maximum absolute atomic E-state index is 13.5. The topological polar surface area (TPSA) is 49.3 Å². The molecule has 2 aromatic rings. The van der Waals surface area contributed by atoms with Crippen LogP contribution in [0.3, 0.4) is 0 Å². The third-order valence-electron chi connectivity index (χ3n) is 2.96. The molecule has 0 spiro atoms. The van der Waals surface area contributed by atoms with E-state index in [0.29, 0.717) is 12.1 Å². The summed E-state index contributed by atoms with van der Waals surface area (Å²) in [6.45, 7) is 2.08. The Kier molecular flexibility index (Phi) is 3.98. The van der Waals surface area contributed by atoms with Gasteiger partial charge in [-0.2, -0.15) is 0 Å². The SMILES string of the molecule is Cc1ccccc1CNC(=O)c1c(O)cc(F)cc1F. The summed E-state index contributed by atoms with van der Waals surface area (Å²) < 4.78 is 26.3. The van der Waals surface area contributed by atoms with Crippen molar-refractivity contribution in [1.29, 1.82) is 0 Å². The summed E-state index contributed by atoms with van der Waals surface area (Å²) in [5, 5.41) is 11.9. The monoisotopic (exact) mass is 277 g/mol. The molecule has 0 saturated heterocycles. The Morgan fingerprint density at radius 2 is 1.95 bits per heavy atom. The lowest BCUT2D eigenvalue weighted by molar-refractivity contribution is 0.0944. The predicted molar refractivity (Wildman–Crippen MR) is 70.4 cm³/mol. The number of carbonyl (C=O) groups is 1. The molecule has 104 valence electrons. The summed E-state index contributed by atoms with van der Waals surface area (Å²) in [6, 6.07) is 8.67. The van der Waals surface area contributed by atoms with E-state index >= 15 is 0 Å². The number of benzene rings is 2. The molecule has 0 saturated carbocycles. The van der Waals surface area contributed by atoms with E-state index in [-0.39, 0.29) is 6.54 Å². The standard InChI is InChI=1S/C15H13F2NO2/c1-9-4-2-3-5-10(9)8-18-15(20)14-12(17)6-11(16)7-13(14)19/h2-7,19H,8H2,1H3,(H,18,20). The number of hydrogen-bond acceptors (Lipinski definition) is 2. The molecule has 3 nitrogen and oxygen atoms in total. The quantitative estimate of drug-likeness (QED) is 0.906. The molecule has 2 aromatic carbocycles. The minimum atomic E-state index is -1.09. The molecule has 0 atom stereocenters. The summed E-state index contributed by atoms with van der Waals surface area (Å²) in [5.74, 6) is -3.53. The zero-order chi connectivity index (χ0) is 14.7. The van der Waals surface area contributed by atoms with Gasteiger partial charge >= 0.3 is 0 Å². The summed E-state index contributed by atoms with van der Waals surface area (Å²) in [5.41, 5.74) is 1.31. The van der Waals surface area contributed by atoms with E-state index in [4.69, 9.17) is 0 Å². The molecule has 1 amide bonds. The number of carbonyl (C=O) groups excluding carboxylic acids is 1. The van der Waals surface area contributed by atoms with E-state index in [2.05, 4.69) is 5.32 Å². The van der Waals surface area contributed by atoms with Crippen LogP contribution in [0.2, 0.25) is 0 Å². The zero-order valence-corrected chi connectivity index (χ0v) is 10.8. The number of halogens is 2. The van der Waals surface area contributed by atoms with Crippen LogP contribution >= 0.6 is 0 Å². The second kappa shape index (κ2) is 5.69. The molecule has 5 heteroatoms. The smallest absolute Gasteiger partial charge is 0.258 e. The second-order valence-corrected chi connectivity index (χ2v) is 4.39. The van der Waals surface area contributed by atoms with Gasteiger partial charge in [-0.25, -0.2) is 8.78 Å². The van der Waals surface area contributed by atoms with E-state index in [9.17, 15) is 18.7 Å². The van der Waals surface area contributed by atoms with E-state index in [1.807, 2.05) is 31.2 Å². The van der Waals surface area contributed by atoms with Crippen molar-refractivity contribution in [2.75, 3.05) is 0 Å². The minimum absolute atomic E-state index is 0.196. The highest BCUT2D eigenvalue weighted by Crippen LogP contribution is 2.22. The van der Waals surface area contributed by atoms with Gasteiger partial charge in [-0.1, -0.05) is 24.3 Å². The summed E-state index contributed by atoms with van der Waals surface area (Å²) in [7, 11) is 0. The number of phenolic OH excluding ortho intramolecular Hbond substituents is 1. The molecule has 0 aliphatic heterocycles. The maximum Gasteiger partial charge on any atom is 0.258 e. The molecule has 0 fully saturated rings. The molecular formula is C15H13F2NO2. The van der Waals surface area contributed by atoms with Crippen molar-refractivity contribution >= 4 is 5.91 Å². The Labute approximate surface area is 114 Å². The molecule has 0 heterocycles. The maximum atomic E-state index is 13.5. The lowest BCUT2D eigenvalue weighted by Gasteiger charge is -2.09. The van der Waals surface area contributed by atoms with Gasteiger partial charge < -0.3 is 10.4 Å². The number of aromatic hydroxyl groups is 1. The first-order valence-electron chi connectivity index (χ1n) is 5.99. The van der Waals surface area contributed by atoms with Gasteiger partial charge in [0.15, 0.2) is 0 Å². The Morgan fingerprint density at radius 1 is 1.25 bits per heavy atom. The fraction of sp³-hybridized carbons (Fsp3) is 0.133.